The van der Waals surface area contributed by atoms with Crippen LogP contribution in [0.25, 0.3) is 10.9 Å². The lowest BCUT2D eigenvalue weighted by Crippen LogP contribution is -2.37. The summed E-state index contributed by atoms with van der Waals surface area (Å²) in [4.78, 5) is 15.2. The molecule has 5 nitrogen and oxygen atoms in total. The molecule has 33 heavy (non-hydrogen) atoms. The molecule has 1 aliphatic rings. The minimum absolute atomic E-state index is 0.0214. The first kappa shape index (κ1) is 21.7. The Hall–Kier alpha value is -3.09. The van der Waals surface area contributed by atoms with Gasteiger partial charge in [-0.05, 0) is 41.3 Å². The van der Waals surface area contributed by atoms with Crippen LogP contribution in [0.1, 0.15) is 16.7 Å². The first-order valence-corrected chi connectivity index (χ1v) is 12.8. The average molecular weight is 479 g/mol. The minimum Gasteiger partial charge on any atom is -0.337 e. The molecule has 0 atom stereocenters. The predicted molar refractivity (Wildman–Crippen MR) is 130 cm³/mol. The molecule has 0 saturated carbocycles. The summed E-state index contributed by atoms with van der Waals surface area (Å²) in [7, 11) is -3.62. The van der Waals surface area contributed by atoms with Crippen LogP contribution in [-0.4, -0.2) is 30.3 Å². The highest BCUT2D eigenvalue weighted by Crippen LogP contribution is 2.29. The van der Waals surface area contributed by atoms with Gasteiger partial charge in [-0.15, -0.1) is 0 Å². The highest BCUT2D eigenvalue weighted by molar-refractivity contribution is 7.90. The van der Waals surface area contributed by atoms with Gasteiger partial charge < -0.3 is 9.47 Å². The molecular formula is C26H23ClN2O3S. The number of fused-ring (bicyclic) bond motifs is 2. The largest absolute Gasteiger partial charge is 0.337 e. The van der Waals surface area contributed by atoms with Crippen molar-refractivity contribution in [1.29, 1.82) is 0 Å². The third-order valence-corrected chi connectivity index (χ3v) is 8.11. The highest BCUT2D eigenvalue weighted by Gasteiger charge is 2.25. The normalized spacial score (nSPS) is 13.8. The van der Waals surface area contributed by atoms with Gasteiger partial charge in [0, 0.05) is 35.2 Å². The fraction of sp³-hybridized carbons (Fsp3) is 0.192. The molecule has 1 aliphatic heterocycles. The zero-order valence-electron chi connectivity index (χ0n) is 17.9. The molecule has 0 N–H and O–H groups in total. The summed E-state index contributed by atoms with van der Waals surface area (Å²) in [6, 6.07) is 22.3. The summed E-state index contributed by atoms with van der Waals surface area (Å²) in [5, 5.41) is 1.19. The quantitative estimate of drug-likeness (QED) is 0.412. The van der Waals surface area contributed by atoms with Crippen LogP contribution in [-0.2, 0) is 39.9 Å². The maximum Gasteiger partial charge on any atom is 0.242 e. The Kier molecular flexibility index (Phi) is 5.72. The topological polar surface area (TPSA) is 59.4 Å². The molecule has 0 spiro atoms. The molecule has 0 bridgehead atoms. The molecule has 5 rings (SSSR count). The number of benzene rings is 3. The number of amides is 1. The third kappa shape index (κ3) is 4.41. The zero-order chi connectivity index (χ0) is 23.0. The van der Waals surface area contributed by atoms with Gasteiger partial charge in [0.25, 0.3) is 0 Å². The number of halogens is 1. The van der Waals surface area contributed by atoms with Crippen molar-refractivity contribution in [3.63, 3.8) is 0 Å². The standard InChI is InChI=1S/C26H23ClN2O3S/c27-22-11-9-19(10-12-22)18-33(31,32)25-16-29(24-8-4-3-7-23(24)25)17-26(30)28-14-13-20-5-1-2-6-21(20)15-28/h1-12,16H,13-15,17-18H2. The maximum absolute atomic E-state index is 13.3. The van der Waals surface area contributed by atoms with E-state index in [9.17, 15) is 13.2 Å². The molecule has 168 valence electrons. The number of aromatic nitrogens is 1. The van der Waals surface area contributed by atoms with Crippen molar-refractivity contribution in [2.75, 3.05) is 6.54 Å². The Balaban J connectivity index is 1.43. The SMILES string of the molecule is O=C(Cn1cc(S(=O)(=O)Cc2ccc(Cl)cc2)c2ccccc21)N1CCc2ccccc2C1. The van der Waals surface area contributed by atoms with E-state index in [0.29, 0.717) is 29.1 Å². The lowest BCUT2D eigenvalue weighted by Gasteiger charge is -2.29. The van der Waals surface area contributed by atoms with Crippen LogP contribution in [0, 0.1) is 0 Å². The number of hydrogen-bond acceptors (Lipinski definition) is 3. The Morgan fingerprint density at radius 3 is 2.39 bits per heavy atom. The van der Waals surface area contributed by atoms with Gasteiger partial charge in [-0.2, -0.15) is 0 Å². The number of carbonyl (C=O) groups excluding carboxylic acids is 1. The van der Waals surface area contributed by atoms with Gasteiger partial charge in [-0.1, -0.05) is 66.2 Å². The highest BCUT2D eigenvalue weighted by atomic mass is 35.5. The van der Waals surface area contributed by atoms with Crippen molar-refractivity contribution >= 4 is 38.2 Å². The van der Waals surface area contributed by atoms with E-state index in [0.717, 1.165) is 11.9 Å². The van der Waals surface area contributed by atoms with Crippen molar-refractivity contribution in [2.45, 2.75) is 30.2 Å². The van der Waals surface area contributed by atoms with Gasteiger partial charge in [0.15, 0.2) is 9.84 Å². The van der Waals surface area contributed by atoms with Gasteiger partial charge in [0.05, 0.1) is 10.6 Å². The third-order valence-electron chi connectivity index (χ3n) is 6.15. The molecule has 0 radical (unpaired) electrons. The summed E-state index contributed by atoms with van der Waals surface area (Å²) in [5.74, 6) is -0.151. The zero-order valence-corrected chi connectivity index (χ0v) is 19.5. The Labute approximate surface area is 198 Å². The Morgan fingerprint density at radius 2 is 1.61 bits per heavy atom. The summed E-state index contributed by atoms with van der Waals surface area (Å²) in [6.07, 6.45) is 2.43. The van der Waals surface area contributed by atoms with Gasteiger partial charge >= 0.3 is 0 Å². The molecule has 7 heteroatoms. The van der Waals surface area contributed by atoms with Crippen LogP contribution in [0.15, 0.2) is 83.9 Å². The lowest BCUT2D eigenvalue weighted by atomic mass is 10.00. The summed E-state index contributed by atoms with van der Waals surface area (Å²) >= 11 is 5.93. The second-order valence-corrected chi connectivity index (χ2v) is 10.8. The summed E-state index contributed by atoms with van der Waals surface area (Å²) < 4.78 is 28.4. The van der Waals surface area contributed by atoms with Gasteiger partial charge in [-0.25, -0.2) is 8.42 Å². The van der Waals surface area contributed by atoms with Crippen LogP contribution in [0.4, 0.5) is 0 Å². The summed E-state index contributed by atoms with van der Waals surface area (Å²) in [5.41, 5.74) is 3.85. The molecular weight excluding hydrogens is 456 g/mol. The average Bonchev–Trinajstić information content (AvgIpc) is 3.19. The Morgan fingerprint density at radius 1 is 0.909 bits per heavy atom. The van der Waals surface area contributed by atoms with Crippen LogP contribution < -0.4 is 0 Å². The summed E-state index contributed by atoms with van der Waals surface area (Å²) in [6.45, 7) is 1.34. The van der Waals surface area contributed by atoms with E-state index < -0.39 is 9.84 Å². The van der Waals surface area contributed by atoms with E-state index in [2.05, 4.69) is 12.1 Å². The van der Waals surface area contributed by atoms with Crippen molar-refractivity contribution < 1.29 is 13.2 Å². The number of rotatable bonds is 5. The van der Waals surface area contributed by atoms with Crippen LogP contribution >= 0.6 is 11.6 Å². The van der Waals surface area contributed by atoms with Crippen LogP contribution in [0.3, 0.4) is 0 Å². The molecule has 0 aliphatic carbocycles. The van der Waals surface area contributed by atoms with E-state index in [4.69, 9.17) is 11.6 Å². The number of carbonyl (C=O) groups is 1. The maximum atomic E-state index is 13.3. The molecule has 1 aromatic heterocycles. The molecule has 3 aromatic carbocycles. The van der Waals surface area contributed by atoms with Gasteiger partial charge in [0.2, 0.25) is 5.91 Å². The van der Waals surface area contributed by atoms with Crippen molar-refractivity contribution in [2.24, 2.45) is 0 Å². The number of hydrogen-bond donors (Lipinski definition) is 0. The van der Waals surface area contributed by atoms with Gasteiger partial charge in [0.1, 0.15) is 6.54 Å². The van der Waals surface area contributed by atoms with Crippen molar-refractivity contribution in [3.8, 4) is 0 Å². The molecule has 2 heterocycles. The lowest BCUT2D eigenvalue weighted by molar-refractivity contribution is -0.132. The van der Waals surface area contributed by atoms with E-state index in [1.807, 2.05) is 35.2 Å². The molecule has 0 fully saturated rings. The van der Waals surface area contributed by atoms with E-state index >= 15 is 0 Å². The second kappa shape index (κ2) is 8.69. The Bertz CT molecular complexity index is 1440. The molecule has 4 aromatic rings. The number of sulfone groups is 1. The van der Waals surface area contributed by atoms with Crippen molar-refractivity contribution in [1.82, 2.24) is 9.47 Å². The van der Waals surface area contributed by atoms with E-state index in [-0.39, 0.29) is 23.1 Å². The number of para-hydroxylation sites is 1. The first-order valence-electron chi connectivity index (χ1n) is 10.8. The van der Waals surface area contributed by atoms with Crippen LogP contribution in [0.5, 0.6) is 0 Å². The predicted octanol–water partition coefficient (Wildman–Crippen LogP) is 4.85. The van der Waals surface area contributed by atoms with Crippen LogP contribution in [0.2, 0.25) is 5.02 Å². The van der Waals surface area contributed by atoms with Crippen molar-refractivity contribution in [3.05, 3.63) is 101 Å². The molecule has 1 amide bonds. The smallest absolute Gasteiger partial charge is 0.242 e. The monoisotopic (exact) mass is 478 g/mol. The second-order valence-electron chi connectivity index (χ2n) is 8.36. The first-order chi connectivity index (χ1) is 15.9. The minimum atomic E-state index is -3.62. The fourth-order valence-electron chi connectivity index (χ4n) is 4.42. The van der Waals surface area contributed by atoms with E-state index in [1.54, 1.807) is 41.1 Å². The molecule has 0 saturated heterocycles. The van der Waals surface area contributed by atoms with E-state index in [1.165, 1.54) is 11.1 Å². The fourth-order valence-corrected chi connectivity index (χ4v) is 6.13. The number of nitrogens with zero attached hydrogens (tertiary/aromatic N) is 2. The van der Waals surface area contributed by atoms with Gasteiger partial charge in [-0.3, -0.25) is 4.79 Å². The molecule has 0 unspecified atom stereocenters.